The molecule has 0 amide bonds. The lowest BCUT2D eigenvalue weighted by atomic mass is 10.00. The Labute approximate surface area is 191 Å². The molecule has 168 valence electrons. The van der Waals surface area contributed by atoms with Gasteiger partial charge in [0.15, 0.2) is 17.4 Å². The summed E-state index contributed by atoms with van der Waals surface area (Å²) >= 11 is 6.37. The molecule has 4 rings (SSSR count). The zero-order chi connectivity index (χ0) is 22.8. The number of halogens is 1. The van der Waals surface area contributed by atoms with Gasteiger partial charge in [0.1, 0.15) is 11.6 Å². The fourth-order valence-electron chi connectivity index (χ4n) is 3.76. The summed E-state index contributed by atoms with van der Waals surface area (Å²) < 4.78 is 6.91. The molecule has 1 N–H and O–H groups in total. The van der Waals surface area contributed by atoms with Gasteiger partial charge in [0, 0.05) is 31.2 Å². The van der Waals surface area contributed by atoms with Crippen LogP contribution in [0, 0.1) is 5.92 Å². The topological polar surface area (TPSA) is 89.3 Å². The van der Waals surface area contributed by atoms with Crippen LogP contribution in [-0.2, 0) is 11.8 Å². The van der Waals surface area contributed by atoms with Crippen molar-refractivity contribution in [3.63, 3.8) is 0 Å². The van der Waals surface area contributed by atoms with E-state index in [1.54, 1.807) is 19.3 Å². The maximum atomic E-state index is 12.5. The van der Waals surface area contributed by atoms with E-state index in [2.05, 4.69) is 27.1 Å². The number of ether oxygens (including phenoxy) is 1. The molecule has 1 saturated heterocycles. The van der Waals surface area contributed by atoms with Gasteiger partial charge in [0.05, 0.1) is 11.7 Å². The first-order valence-electron chi connectivity index (χ1n) is 10.6. The lowest BCUT2D eigenvalue weighted by Gasteiger charge is -2.30. The van der Waals surface area contributed by atoms with Gasteiger partial charge in [-0.3, -0.25) is 9.59 Å². The Bertz CT molecular complexity index is 1220. The second kappa shape index (κ2) is 9.16. The molecule has 3 heterocycles. The summed E-state index contributed by atoms with van der Waals surface area (Å²) in [7, 11) is 1.67. The molecule has 2 aromatic heterocycles. The molecule has 1 fully saturated rings. The number of nitrogens with one attached hydrogen (secondary N) is 1. The minimum atomic E-state index is -0.293. The van der Waals surface area contributed by atoms with Crippen LogP contribution in [0.3, 0.4) is 0 Å². The van der Waals surface area contributed by atoms with Crippen LogP contribution >= 0.6 is 11.6 Å². The largest absolute Gasteiger partial charge is 0.480 e. The van der Waals surface area contributed by atoms with Gasteiger partial charge in [0.25, 0.3) is 5.56 Å². The summed E-state index contributed by atoms with van der Waals surface area (Å²) in [6, 6.07) is 7.23. The van der Waals surface area contributed by atoms with Crippen LogP contribution in [0.25, 0.3) is 10.9 Å². The van der Waals surface area contributed by atoms with Crippen LogP contribution < -0.4 is 20.5 Å². The van der Waals surface area contributed by atoms with Gasteiger partial charge >= 0.3 is 0 Å². The molecule has 0 spiro atoms. The SMILES string of the molecule is CC(=O)COc1cc2cc(Nc3nc(N4CCC(C)CC4)ncc3Cl)ccc2n(C)c1=O. The van der Waals surface area contributed by atoms with Crippen LogP contribution in [0.5, 0.6) is 5.75 Å². The number of pyridine rings is 1. The predicted octanol–water partition coefficient (Wildman–Crippen LogP) is 3.93. The molecule has 1 aliphatic heterocycles. The number of carbonyl (C=O) groups excluding carboxylic acids is 1. The number of rotatable bonds is 6. The average molecular weight is 456 g/mol. The van der Waals surface area contributed by atoms with Crippen LogP contribution in [0.2, 0.25) is 5.02 Å². The van der Waals surface area contributed by atoms with Crippen LogP contribution in [0.15, 0.2) is 35.3 Å². The number of fused-ring (bicyclic) bond motifs is 1. The van der Waals surface area contributed by atoms with Crippen molar-refractivity contribution in [2.75, 3.05) is 29.9 Å². The number of aromatic nitrogens is 3. The lowest BCUT2D eigenvalue weighted by Crippen LogP contribution is -2.34. The Kier molecular flexibility index (Phi) is 6.32. The Morgan fingerprint density at radius 3 is 2.75 bits per heavy atom. The molecule has 0 unspecified atom stereocenters. The highest BCUT2D eigenvalue weighted by atomic mass is 35.5. The average Bonchev–Trinajstić information content (AvgIpc) is 2.77. The Balaban J connectivity index is 1.62. The van der Waals surface area contributed by atoms with Crippen molar-refractivity contribution in [2.45, 2.75) is 26.7 Å². The molecule has 1 aliphatic rings. The predicted molar refractivity (Wildman–Crippen MR) is 126 cm³/mol. The summed E-state index contributed by atoms with van der Waals surface area (Å²) in [4.78, 5) is 35.0. The third kappa shape index (κ3) is 4.70. The maximum Gasteiger partial charge on any atom is 0.293 e. The van der Waals surface area contributed by atoms with E-state index in [0.717, 1.165) is 42.5 Å². The number of hydrogen-bond donors (Lipinski definition) is 1. The first kappa shape index (κ1) is 22.1. The zero-order valence-corrected chi connectivity index (χ0v) is 19.1. The van der Waals surface area contributed by atoms with Crippen molar-refractivity contribution in [2.24, 2.45) is 13.0 Å². The number of carbonyl (C=O) groups is 1. The summed E-state index contributed by atoms with van der Waals surface area (Å²) in [6.45, 7) is 5.38. The molecule has 8 nitrogen and oxygen atoms in total. The van der Waals surface area contributed by atoms with Crippen molar-refractivity contribution in [1.82, 2.24) is 14.5 Å². The molecular weight excluding hydrogens is 430 g/mol. The van der Waals surface area contributed by atoms with E-state index in [0.29, 0.717) is 22.7 Å². The number of Topliss-reactive ketones (excluding diaryl/α,β-unsaturated/α-hetero) is 1. The highest BCUT2D eigenvalue weighted by Gasteiger charge is 2.19. The third-order valence-corrected chi connectivity index (χ3v) is 5.96. The van der Waals surface area contributed by atoms with Gasteiger partial charge < -0.3 is 19.5 Å². The van der Waals surface area contributed by atoms with Crippen molar-refractivity contribution >= 4 is 45.7 Å². The van der Waals surface area contributed by atoms with Crippen molar-refractivity contribution in [3.05, 3.63) is 45.8 Å². The maximum absolute atomic E-state index is 12.5. The van der Waals surface area contributed by atoms with E-state index in [1.165, 1.54) is 11.5 Å². The Hall–Kier alpha value is -3.13. The van der Waals surface area contributed by atoms with E-state index in [9.17, 15) is 9.59 Å². The monoisotopic (exact) mass is 455 g/mol. The van der Waals surface area contributed by atoms with Crippen LogP contribution in [-0.4, -0.2) is 40.0 Å². The molecule has 0 aliphatic carbocycles. The van der Waals surface area contributed by atoms with E-state index < -0.39 is 0 Å². The van der Waals surface area contributed by atoms with Gasteiger partial charge in [-0.2, -0.15) is 4.98 Å². The quantitative estimate of drug-likeness (QED) is 0.602. The number of piperidine rings is 1. The molecule has 0 radical (unpaired) electrons. The standard InChI is InChI=1S/C23H26ClN5O3/c1-14-6-8-29(9-7-14)23-25-12-18(24)21(27-23)26-17-4-5-19-16(10-17)11-20(22(31)28(19)3)32-13-15(2)30/h4-5,10-12,14H,6-9,13H2,1-3H3,(H,25,26,27). The molecule has 0 saturated carbocycles. The highest BCUT2D eigenvalue weighted by molar-refractivity contribution is 6.32. The zero-order valence-electron chi connectivity index (χ0n) is 18.4. The Morgan fingerprint density at radius 1 is 1.28 bits per heavy atom. The molecule has 3 aromatic rings. The minimum Gasteiger partial charge on any atom is -0.480 e. The van der Waals surface area contributed by atoms with Gasteiger partial charge in [0.2, 0.25) is 5.95 Å². The van der Waals surface area contributed by atoms with Crippen molar-refractivity contribution < 1.29 is 9.53 Å². The first-order chi connectivity index (χ1) is 15.3. The van der Waals surface area contributed by atoms with Gasteiger partial charge in [-0.15, -0.1) is 0 Å². The first-order valence-corrected chi connectivity index (χ1v) is 11.0. The smallest absolute Gasteiger partial charge is 0.293 e. The summed E-state index contributed by atoms with van der Waals surface area (Å²) in [5, 5.41) is 4.47. The number of nitrogens with zero attached hydrogens (tertiary/aromatic N) is 4. The molecule has 9 heteroatoms. The normalized spacial score (nSPS) is 14.6. The van der Waals surface area contributed by atoms with Gasteiger partial charge in [-0.25, -0.2) is 4.98 Å². The Morgan fingerprint density at radius 2 is 2.03 bits per heavy atom. The second-order valence-corrected chi connectivity index (χ2v) is 8.71. The molecule has 0 bridgehead atoms. The lowest BCUT2D eigenvalue weighted by molar-refractivity contribution is -0.118. The van der Waals surface area contributed by atoms with Gasteiger partial charge in [-0.1, -0.05) is 18.5 Å². The van der Waals surface area contributed by atoms with Crippen molar-refractivity contribution in [3.8, 4) is 5.75 Å². The minimum absolute atomic E-state index is 0.133. The summed E-state index contributed by atoms with van der Waals surface area (Å²) in [6.07, 6.45) is 3.85. The van der Waals surface area contributed by atoms with E-state index in [4.69, 9.17) is 16.3 Å². The van der Waals surface area contributed by atoms with Crippen LogP contribution in [0.4, 0.5) is 17.5 Å². The third-order valence-electron chi connectivity index (χ3n) is 5.68. The molecular formula is C23H26ClN5O3. The van der Waals surface area contributed by atoms with Crippen molar-refractivity contribution in [1.29, 1.82) is 0 Å². The highest BCUT2D eigenvalue weighted by Crippen LogP contribution is 2.28. The fourth-order valence-corrected chi connectivity index (χ4v) is 3.90. The van der Waals surface area contributed by atoms with E-state index in [-0.39, 0.29) is 23.7 Å². The molecule has 0 atom stereocenters. The van der Waals surface area contributed by atoms with E-state index >= 15 is 0 Å². The van der Waals surface area contributed by atoms with E-state index in [1.807, 2.05) is 18.2 Å². The second-order valence-electron chi connectivity index (χ2n) is 8.30. The number of benzene rings is 1. The van der Waals surface area contributed by atoms with Crippen LogP contribution in [0.1, 0.15) is 26.7 Å². The number of anilines is 3. The summed E-state index contributed by atoms with van der Waals surface area (Å²) in [5.41, 5.74) is 1.21. The number of aryl methyl sites for hydroxylation is 1. The molecule has 32 heavy (non-hydrogen) atoms. The number of ketones is 1. The van der Waals surface area contributed by atoms with Gasteiger partial charge in [-0.05, 0) is 49.9 Å². The number of hydrogen-bond acceptors (Lipinski definition) is 7. The molecule has 1 aromatic carbocycles. The fraction of sp³-hybridized carbons (Fsp3) is 0.391. The summed E-state index contributed by atoms with van der Waals surface area (Å²) in [5.74, 6) is 1.88.